The molecular formula is C20H18N8. The van der Waals surface area contributed by atoms with E-state index in [4.69, 9.17) is 10.8 Å². The highest BCUT2D eigenvalue weighted by Crippen LogP contribution is 2.33. The lowest BCUT2D eigenvalue weighted by Gasteiger charge is -2.28. The van der Waals surface area contributed by atoms with Crippen molar-refractivity contribution >= 4 is 17.3 Å². The van der Waals surface area contributed by atoms with Gasteiger partial charge in [0, 0.05) is 30.6 Å². The molecule has 1 atom stereocenters. The third-order valence-corrected chi connectivity index (χ3v) is 4.80. The highest BCUT2D eigenvalue weighted by Gasteiger charge is 2.23. The predicted molar refractivity (Wildman–Crippen MR) is 106 cm³/mol. The van der Waals surface area contributed by atoms with Crippen LogP contribution in [0.25, 0.3) is 16.9 Å². The second-order valence-electron chi connectivity index (χ2n) is 6.40. The van der Waals surface area contributed by atoms with E-state index in [0.29, 0.717) is 5.82 Å². The molecule has 0 amide bonds. The number of nitrogens with two attached hydrogens (primary N) is 1. The number of nitrogen functional groups attached to an aromatic ring is 1. The number of nitrogens with zero attached hydrogens (tertiary/aromatic N) is 7. The minimum Gasteiger partial charge on any atom is -0.382 e. The van der Waals surface area contributed by atoms with Gasteiger partial charge >= 0.3 is 0 Å². The summed E-state index contributed by atoms with van der Waals surface area (Å²) in [6.07, 6.45) is 4.90. The van der Waals surface area contributed by atoms with Gasteiger partial charge in [-0.15, -0.1) is 0 Å². The topological polar surface area (TPSA) is 109 Å². The van der Waals surface area contributed by atoms with E-state index in [2.05, 4.69) is 21.0 Å². The second kappa shape index (κ2) is 6.96. The van der Waals surface area contributed by atoms with Crippen LogP contribution in [0, 0.1) is 11.3 Å². The molecule has 0 aliphatic rings. The van der Waals surface area contributed by atoms with Crippen LogP contribution in [0.15, 0.2) is 55.1 Å². The Hall–Kier alpha value is -3.99. The van der Waals surface area contributed by atoms with Crippen molar-refractivity contribution < 1.29 is 0 Å². The van der Waals surface area contributed by atoms with Crippen LogP contribution < -0.4 is 10.6 Å². The molecule has 3 heterocycles. The quantitative estimate of drug-likeness (QED) is 0.588. The van der Waals surface area contributed by atoms with Crippen LogP contribution in [0.5, 0.6) is 0 Å². The van der Waals surface area contributed by atoms with Gasteiger partial charge in [-0.3, -0.25) is 0 Å². The smallest absolute Gasteiger partial charge is 0.153 e. The maximum atomic E-state index is 9.48. The van der Waals surface area contributed by atoms with E-state index in [1.807, 2.05) is 61.5 Å². The lowest BCUT2D eigenvalue weighted by molar-refractivity contribution is 0.719. The summed E-state index contributed by atoms with van der Waals surface area (Å²) < 4.78 is 1.75. The molecule has 138 valence electrons. The SMILES string of the molecule is C[C@H](c1cc2nccn2nc1-c1ccccc1)N(C)c1ncnc(N)c1C#N. The van der Waals surface area contributed by atoms with Gasteiger partial charge in [0.05, 0.1) is 11.7 Å². The maximum Gasteiger partial charge on any atom is 0.153 e. The van der Waals surface area contributed by atoms with Crippen molar-refractivity contribution in [3.63, 3.8) is 0 Å². The Morgan fingerprint density at radius 1 is 1.18 bits per heavy atom. The Bertz CT molecular complexity index is 1180. The average molecular weight is 370 g/mol. The van der Waals surface area contributed by atoms with Gasteiger partial charge in [-0.25, -0.2) is 19.5 Å². The number of fused-ring (bicyclic) bond motifs is 1. The molecule has 0 unspecified atom stereocenters. The van der Waals surface area contributed by atoms with Gasteiger partial charge in [0.25, 0.3) is 0 Å². The number of aromatic nitrogens is 5. The number of anilines is 2. The fourth-order valence-electron chi connectivity index (χ4n) is 3.16. The Morgan fingerprint density at radius 2 is 1.96 bits per heavy atom. The fraction of sp³-hybridized carbons (Fsp3) is 0.150. The fourth-order valence-corrected chi connectivity index (χ4v) is 3.16. The Labute approximate surface area is 161 Å². The van der Waals surface area contributed by atoms with Crippen molar-refractivity contribution in [2.24, 2.45) is 0 Å². The molecule has 0 spiro atoms. The molecule has 4 rings (SSSR count). The molecule has 1 aromatic carbocycles. The van der Waals surface area contributed by atoms with E-state index in [-0.39, 0.29) is 17.4 Å². The zero-order valence-corrected chi connectivity index (χ0v) is 15.5. The molecule has 0 radical (unpaired) electrons. The van der Waals surface area contributed by atoms with Gasteiger partial charge in [-0.1, -0.05) is 30.3 Å². The third-order valence-electron chi connectivity index (χ3n) is 4.80. The summed E-state index contributed by atoms with van der Waals surface area (Å²) in [5.74, 6) is 0.640. The van der Waals surface area contributed by atoms with E-state index in [0.717, 1.165) is 22.5 Å². The predicted octanol–water partition coefficient (Wildman–Crippen LogP) is 2.84. The first-order chi connectivity index (χ1) is 13.6. The molecule has 28 heavy (non-hydrogen) atoms. The number of imidazole rings is 1. The first-order valence-corrected chi connectivity index (χ1v) is 8.73. The molecule has 0 fully saturated rings. The minimum absolute atomic E-state index is 0.147. The molecule has 0 aliphatic carbocycles. The van der Waals surface area contributed by atoms with Crippen LogP contribution >= 0.6 is 0 Å². The first kappa shape index (κ1) is 17.4. The summed E-state index contributed by atoms with van der Waals surface area (Å²) in [7, 11) is 1.87. The van der Waals surface area contributed by atoms with Crippen LogP contribution in [-0.4, -0.2) is 31.6 Å². The van der Waals surface area contributed by atoms with Crippen LogP contribution in [-0.2, 0) is 0 Å². The molecule has 4 aromatic rings. The van der Waals surface area contributed by atoms with E-state index in [1.54, 1.807) is 10.7 Å². The van der Waals surface area contributed by atoms with Crippen molar-refractivity contribution in [1.82, 2.24) is 24.6 Å². The number of hydrogen-bond donors (Lipinski definition) is 1. The van der Waals surface area contributed by atoms with Crippen LogP contribution in [0.4, 0.5) is 11.6 Å². The van der Waals surface area contributed by atoms with Gasteiger partial charge in [-0.2, -0.15) is 10.4 Å². The van der Waals surface area contributed by atoms with Crippen LogP contribution in [0.3, 0.4) is 0 Å². The summed E-state index contributed by atoms with van der Waals surface area (Å²) in [4.78, 5) is 14.5. The van der Waals surface area contributed by atoms with Crippen molar-refractivity contribution in [2.75, 3.05) is 17.7 Å². The van der Waals surface area contributed by atoms with Crippen molar-refractivity contribution in [3.8, 4) is 17.3 Å². The van der Waals surface area contributed by atoms with E-state index in [9.17, 15) is 5.26 Å². The molecular weight excluding hydrogens is 352 g/mol. The van der Waals surface area contributed by atoms with Crippen LogP contribution in [0.2, 0.25) is 0 Å². The van der Waals surface area contributed by atoms with Crippen molar-refractivity contribution in [3.05, 3.63) is 66.2 Å². The van der Waals surface area contributed by atoms with E-state index in [1.165, 1.54) is 6.33 Å². The number of nitriles is 1. The van der Waals surface area contributed by atoms with Gasteiger partial charge in [0.2, 0.25) is 0 Å². The van der Waals surface area contributed by atoms with Crippen LogP contribution in [0.1, 0.15) is 24.1 Å². The van der Waals surface area contributed by atoms with Gasteiger partial charge in [-0.05, 0) is 13.0 Å². The normalized spacial score (nSPS) is 11.9. The summed E-state index contributed by atoms with van der Waals surface area (Å²) in [6, 6.07) is 13.9. The highest BCUT2D eigenvalue weighted by atomic mass is 15.3. The monoisotopic (exact) mass is 370 g/mol. The first-order valence-electron chi connectivity index (χ1n) is 8.73. The number of benzene rings is 1. The van der Waals surface area contributed by atoms with Gasteiger partial charge in [0.15, 0.2) is 11.5 Å². The number of rotatable bonds is 4. The van der Waals surface area contributed by atoms with Crippen molar-refractivity contribution in [1.29, 1.82) is 5.26 Å². The van der Waals surface area contributed by atoms with Crippen molar-refractivity contribution in [2.45, 2.75) is 13.0 Å². The molecule has 2 N–H and O–H groups in total. The minimum atomic E-state index is -0.147. The molecule has 0 saturated carbocycles. The van der Waals surface area contributed by atoms with Gasteiger partial charge in [0.1, 0.15) is 23.8 Å². The zero-order chi connectivity index (χ0) is 19.7. The zero-order valence-electron chi connectivity index (χ0n) is 15.5. The molecule has 0 saturated heterocycles. The Kier molecular flexibility index (Phi) is 4.33. The average Bonchev–Trinajstić information content (AvgIpc) is 3.19. The second-order valence-corrected chi connectivity index (χ2v) is 6.40. The molecule has 3 aromatic heterocycles. The number of hydrogen-bond acceptors (Lipinski definition) is 7. The largest absolute Gasteiger partial charge is 0.382 e. The van der Waals surface area contributed by atoms with E-state index < -0.39 is 0 Å². The third kappa shape index (κ3) is 2.89. The Balaban J connectivity index is 1.86. The summed E-state index contributed by atoms with van der Waals surface area (Å²) in [6.45, 7) is 2.03. The maximum absolute atomic E-state index is 9.48. The Morgan fingerprint density at radius 3 is 2.71 bits per heavy atom. The summed E-state index contributed by atoms with van der Waals surface area (Å²) in [5, 5.41) is 14.3. The summed E-state index contributed by atoms with van der Waals surface area (Å²) in [5.41, 5.74) is 9.67. The van der Waals surface area contributed by atoms with Gasteiger partial charge < -0.3 is 10.6 Å². The molecule has 8 heteroatoms. The summed E-state index contributed by atoms with van der Waals surface area (Å²) >= 11 is 0. The molecule has 8 nitrogen and oxygen atoms in total. The lowest BCUT2D eigenvalue weighted by atomic mass is 10.0. The molecule has 0 aliphatic heterocycles. The van der Waals surface area contributed by atoms with E-state index >= 15 is 0 Å². The molecule has 0 bridgehead atoms. The standard InChI is InChI=1S/C20H18N8/c1-13(27(2)20-16(11-21)19(22)24-12-25-20)15-10-17-23-8-9-28(17)26-18(15)14-6-4-3-5-7-14/h3-10,12-13H,1-2H3,(H2,22,24,25)/t13-/m1/s1. The highest BCUT2D eigenvalue weighted by molar-refractivity contribution is 5.68. The lowest BCUT2D eigenvalue weighted by Crippen LogP contribution is -2.25.